The Balaban J connectivity index is 1.27. The van der Waals surface area contributed by atoms with Gasteiger partial charge in [-0.2, -0.15) is 4.80 Å². The van der Waals surface area contributed by atoms with Gasteiger partial charge in [0.25, 0.3) is 0 Å². The highest BCUT2D eigenvalue weighted by atomic mass is 15.6. The van der Waals surface area contributed by atoms with Gasteiger partial charge in [0, 0.05) is 46.5 Å². The van der Waals surface area contributed by atoms with Crippen molar-refractivity contribution < 1.29 is 0 Å². The molecule has 0 spiro atoms. The summed E-state index contributed by atoms with van der Waals surface area (Å²) in [6.45, 7) is 0.743. The fourth-order valence-electron chi connectivity index (χ4n) is 5.02. The van der Waals surface area contributed by atoms with Crippen LogP contribution in [-0.2, 0) is 19.9 Å². The zero-order chi connectivity index (χ0) is 25.5. The van der Waals surface area contributed by atoms with E-state index in [0.717, 1.165) is 57.6 Å². The molecule has 0 aliphatic heterocycles. The van der Waals surface area contributed by atoms with E-state index in [0.29, 0.717) is 12.2 Å². The minimum Gasteiger partial charge on any atom is -0.369 e. The highest BCUT2D eigenvalue weighted by molar-refractivity contribution is 6.11. The fourth-order valence-corrected chi connectivity index (χ4v) is 5.02. The topological polar surface area (TPSA) is 113 Å². The normalized spacial score (nSPS) is 11.6. The first-order chi connectivity index (χ1) is 18.7. The molecule has 186 valence electrons. The minimum atomic E-state index is 0.584. The molecule has 9 nitrogen and oxygen atoms in total. The van der Waals surface area contributed by atoms with E-state index in [-0.39, 0.29) is 0 Å². The van der Waals surface area contributed by atoms with Crippen molar-refractivity contribution in [2.45, 2.75) is 12.8 Å². The average molecular weight is 500 g/mol. The van der Waals surface area contributed by atoms with Crippen molar-refractivity contribution in [1.29, 1.82) is 0 Å². The van der Waals surface area contributed by atoms with Gasteiger partial charge in [-0.05, 0) is 34.9 Å². The van der Waals surface area contributed by atoms with Crippen LogP contribution in [0.15, 0.2) is 79.0 Å². The van der Waals surface area contributed by atoms with Gasteiger partial charge in [0.2, 0.25) is 5.82 Å². The SMILES string of the molecule is Cn1nnc(-c2ccc3c(c2)[nH]c2nc(Cc4ccccc4)nc(NCCc4c[nH]c5ccccc45)c23)n1. The number of benzene rings is 3. The first-order valence-electron chi connectivity index (χ1n) is 12.6. The van der Waals surface area contributed by atoms with Gasteiger partial charge in [-0.3, -0.25) is 0 Å². The van der Waals surface area contributed by atoms with Crippen molar-refractivity contribution in [3.05, 3.63) is 95.9 Å². The van der Waals surface area contributed by atoms with Crippen LogP contribution in [0.1, 0.15) is 17.0 Å². The number of aromatic nitrogens is 8. The maximum Gasteiger partial charge on any atom is 0.204 e. The first-order valence-corrected chi connectivity index (χ1v) is 12.6. The Morgan fingerprint density at radius 2 is 1.76 bits per heavy atom. The van der Waals surface area contributed by atoms with Crippen LogP contribution in [0.2, 0.25) is 0 Å². The number of nitrogens with one attached hydrogen (secondary N) is 3. The van der Waals surface area contributed by atoms with E-state index in [4.69, 9.17) is 9.97 Å². The molecule has 4 heterocycles. The molecule has 0 aliphatic rings. The summed E-state index contributed by atoms with van der Waals surface area (Å²) in [6.07, 6.45) is 3.61. The van der Waals surface area contributed by atoms with Crippen molar-refractivity contribution >= 4 is 38.7 Å². The van der Waals surface area contributed by atoms with Crippen molar-refractivity contribution in [1.82, 2.24) is 40.1 Å². The number of aromatic amines is 2. The van der Waals surface area contributed by atoms with E-state index in [1.54, 1.807) is 7.05 Å². The Hall–Kier alpha value is -5.05. The fraction of sp³-hybridized carbons (Fsp3) is 0.138. The lowest BCUT2D eigenvalue weighted by Gasteiger charge is -2.10. The predicted octanol–water partition coefficient (Wildman–Crippen LogP) is 5.03. The molecule has 3 aromatic carbocycles. The smallest absolute Gasteiger partial charge is 0.204 e. The molecule has 0 amide bonds. The number of rotatable bonds is 7. The molecule has 0 saturated heterocycles. The van der Waals surface area contributed by atoms with Crippen LogP contribution < -0.4 is 5.32 Å². The molecular weight excluding hydrogens is 474 g/mol. The van der Waals surface area contributed by atoms with E-state index >= 15 is 0 Å². The third-order valence-electron chi connectivity index (χ3n) is 6.83. The summed E-state index contributed by atoms with van der Waals surface area (Å²) in [7, 11) is 1.76. The third-order valence-corrected chi connectivity index (χ3v) is 6.83. The molecule has 0 radical (unpaired) electrons. The highest BCUT2D eigenvalue weighted by Gasteiger charge is 2.16. The van der Waals surface area contributed by atoms with E-state index in [2.05, 4.69) is 79.4 Å². The van der Waals surface area contributed by atoms with Crippen molar-refractivity contribution in [3.8, 4) is 11.4 Å². The molecule has 0 unspecified atom stereocenters. The second-order valence-electron chi connectivity index (χ2n) is 9.40. The lowest BCUT2D eigenvalue weighted by atomic mass is 10.1. The van der Waals surface area contributed by atoms with Gasteiger partial charge in [-0.25, -0.2) is 9.97 Å². The number of tetrazole rings is 1. The number of hydrogen-bond acceptors (Lipinski definition) is 6. The van der Waals surface area contributed by atoms with Crippen LogP contribution >= 0.6 is 0 Å². The largest absolute Gasteiger partial charge is 0.369 e. The van der Waals surface area contributed by atoms with Crippen LogP contribution in [0.5, 0.6) is 0 Å². The zero-order valence-corrected chi connectivity index (χ0v) is 20.8. The van der Waals surface area contributed by atoms with Crippen LogP contribution in [0.25, 0.3) is 44.2 Å². The summed E-state index contributed by atoms with van der Waals surface area (Å²) >= 11 is 0. The Morgan fingerprint density at radius 1 is 0.895 bits per heavy atom. The number of anilines is 1. The molecule has 38 heavy (non-hydrogen) atoms. The molecular formula is C29H25N9. The number of aryl methyl sites for hydroxylation is 1. The van der Waals surface area contributed by atoms with E-state index < -0.39 is 0 Å². The molecule has 0 fully saturated rings. The second-order valence-corrected chi connectivity index (χ2v) is 9.40. The number of para-hydroxylation sites is 1. The number of hydrogen-bond donors (Lipinski definition) is 3. The predicted molar refractivity (Wildman–Crippen MR) is 149 cm³/mol. The minimum absolute atomic E-state index is 0.584. The van der Waals surface area contributed by atoms with Gasteiger partial charge in [0.05, 0.1) is 12.4 Å². The van der Waals surface area contributed by atoms with Crippen molar-refractivity contribution in [2.75, 3.05) is 11.9 Å². The molecule has 0 atom stereocenters. The Kier molecular flexibility index (Phi) is 5.32. The highest BCUT2D eigenvalue weighted by Crippen LogP contribution is 2.32. The summed E-state index contributed by atoms with van der Waals surface area (Å²) in [5, 5.41) is 19.4. The zero-order valence-electron chi connectivity index (χ0n) is 20.8. The van der Waals surface area contributed by atoms with Gasteiger partial charge >= 0.3 is 0 Å². The Labute approximate surface area is 217 Å². The number of nitrogens with zero attached hydrogens (tertiary/aromatic N) is 6. The number of fused-ring (bicyclic) bond motifs is 4. The van der Waals surface area contributed by atoms with Gasteiger partial charge in [-0.15, -0.1) is 10.2 Å². The summed E-state index contributed by atoms with van der Waals surface area (Å²) in [4.78, 5) is 18.2. The molecule has 7 aromatic rings. The molecule has 0 bridgehead atoms. The van der Waals surface area contributed by atoms with Crippen LogP contribution in [0.3, 0.4) is 0 Å². The van der Waals surface area contributed by atoms with E-state index in [1.165, 1.54) is 21.3 Å². The van der Waals surface area contributed by atoms with Gasteiger partial charge in [0.1, 0.15) is 17.3 Å². The second kappa shape index (κ2) is 9.11. The lowest BCUT2D eigenvalue weighted by Crippen LogP contribution is -2.09. The maximum atomic E-state index is 5.00. The van der Waals surface area contributed by atoms with Gasteiger partial charge in [0.15, 0.2) is 0 Å². The van der Waals surface area contributed by atoms with E-state index in [9.17, 15) is 0 Å². The van der Waals surface area contributed by atoms with Crippen LogP contribution in [0, 0.1) is 0 Å². The standard InChI is InChI=1S/C29H25N9/c1-38-36-27(35-37-38)19-11-12-22-24(16-19)32-29-26(22)28(33-25(34-29)15-18-7-3-2-4-8-18)30-14-13-20-17-31-23-10-6-5-9-21(20)23/h2-12,16-17,31H,13-15H2,1H3,(H2,30,32,33,34). The number of H-pyrrole nitrogens is 2. The molecule has 0 aliphatic carbocycles. The van der Waals surface area contributed by atoms with Crippen molar-refractivity contribution in [2.24, 2.45) is 7.05 Å². The molecule has 7 rings (SSSR count). The average Bonchev–Trinajstić information content (AvgIpc) is 3.65. The quantitative estimate of drug-likeness (QED) is 0.284. The molecule has 4 aromatic heterocycles. The first kappa shape index (κ1) is 22.2. The Bertz CT molecular complexity index is 1900. The molecule has 3 N–H and O–H groups in total. The third kappa shape index (κ3) is 4.03. The molecule has 0 saturated carbocycles. The molecule has 9 heteroatoms. The van der Waals surface area contributed by atoms with Crippen LogP contribution in [-0.4, -0.2) is 46.7 Å². The van der Waals surface area contributed by atoms with Crippen LogP contribution in [0.4, 0.5) is 5.82 Å². The maximum absolute atomic E-state index is 5.00. The summed E-state index contributed by atoms with van der Waals surface area (Å²) < 4.78 is 0. The summed E-state index contributed by atoms with van der Waals surface area (Å²) in [5.74, 6) is 2.18. The lowest BCUT2D eigenvalue weighted by molar-refractivity contribution is 0.630. The van der Waals surface area contributed by atoms with Gasteiger partial charge < -0.3 is 15.3 Å². The van der Waals surface area contributed by atoms with E-state index in [1.807, 2.05) is 30.3 Å². The monoisotopic (exact) mass is 499 g/mol. The summed E-state index contributed by atoms with van der Waals surface area (Å²) in [5.41, 5.74) is 6.26. The van der Waals surface area contributed by atoms with Crippen molar-refractivity contribution in [3.63, 3.8) is 0 Å². The summed E-state index contributed by atoms with van der Waals surface area (Å²) in [6, 6.07) is 24.8. The van der Waals surface area contributed by atoms with Gasteiger partial charge in [-0.1, -0.05) is 60.7 Å². The Morgan fingerprint density at radius 3 is 2.63 bits per heavy atom.